The van der Waals surface area contributed by atoms with Crippen LogP contribution >= 0.6 is 0 Å². The van der Waals surface area contributed by atoms with Gasteiger partial charge in [-0.1, -0.05) is 0 Å². The van der Waals surface area contributed by atoms with Crippen LogP contribution in [0.2, 0.25) is 0 Å². The summed E-state index contributed by atoms with van der Waals surface area (Å²) < 4.78 is 72.9. The van der Waals surface area contributed by atoms with Gasteiger partial charge in [-0.25, -0.2) is 18.0 Å². The molecular weight excluding hydrogens is 338 g/mol. The number of halogens is 4. The van der Waals surface area contributed by atoms with Crippen molar-refractivity contribution >= 4 is 5.97 Å². The van der Waals surface area contributed by atoms with Gasteiger partial charge in [-0.15, -0.1) is 0 Å². The van der Waals surface area contributed by atoms with Gasteiger partial charge in [0.25, 0.3) is 5.88 Å². The molecule has 0 spiro atoms. The first kappa shape index (κ1) is 16.2. The molecule has 0 aliphatic carbocycles. The molecule has 10 heteroatoms. The number of benzene rings is 1. The molecule has 1 unspecified atom stereocenters. The molecule has 2 heterocycles. The maximum Gasteiger partial charge on any atom is 0.382 e. The average Bonchev–Trinajstić information content (AvgIpc) is 3.29. The number of ether oxygens (including phenoxy) is 3. The maximum atomic E-state index is 13.8. The number of hydrogen-bond donors (Lipinski definition) is 0. The summed E-state index contributed by atoms with van der Waals surface area (Å²) in [5.74, 6) is -10.5. The second kappa shape index (κ2) is 6.11. The fraction of sp³-hybridized carbons (Fsp3) is 0.286. The van der Waals surface area contributed by atoms with E-state index in [1.165, 1.54) is 0 Å². The van der Waals surface area contributed by atoms with Gasteiger partial charge in [-0.3, -0.25) is 0 Å². The lowest BCUT2D eigenvalue weighted by molar-refractivity contribution is 0.0673. The van der Waals surface area contributed by atoms with Crippen LogP contribution in [0.25, 0.3) is 0 Å². The standard InChI is InChI=1S/C14H9F4NO5/c1-5-9(15)11(17)12(18)13(10(5)16)23-14(20)7-2-8(19-24-7)22-4-6-3-21-6/h2,6H,3-4H2,1H3. The molecule has 1 atom stereocenters. The van der Waals surface area contributed by atoms with Crippen LogP contribution in [0.4, 0.5) is 17.6 Å². The van der Waals surface area contributed by atoms with Crippen molar-refractivity contribution in [2.24, 2.45) is 0 Å². The van der Waals surface area contributed by atoms with E-state index in [0.717, 1.165) is 13.0 Å². The minimum absolute atomic E-state index is 0.0644. The highest BCUT2D eigenvalue weighted by Gasteiger charge is 2.28. The Labute approximate surface area is 131 Å². The van der Waals surface area contributed by atoms with Gasteiger partial charge in [0.15, 0.2) is 17.5 Å². The van der Waals surface area contributed by atoms with Gasteiger partial charge in [0.05, 0.1) is 12.7 Å². The highest BCUT2D eigenvalue weighted by atomic mass is 19.2. The lowest BCUT2D eigenvalue weighted by Gasteiger charge is -2.08. The van der Waals surface area contributed by atoms with E-state index in [4.69, 9.17) is 9.47 Å². The van der Waals surface area contributed by atoms with Gasteiger partial charge in [-0.2, -0.15) is 4.39 Å². The summed E-state index contributed by atoms with van der Waals surface area (Å²) in [6.45, 7) is 1.60. The Kier molecular flexibility index (Phi) is 4.14. The zero-order valence-electron chi connectivity index (χ0n) is 12.1. The van der Waals surface area contributed by atoms with Crippen molar-refractivity contribution in [2.45, 2.75) is 13.0 Å². The molecule has 0 amide bonds. The van der Waals surface area contributed by atoms with Crippen LogP contribution in [0.15, 0.2) is 10.6 Å². The molecule has 1 aromatic carbocycles. The Morgan fingerprint density at radius 2 is 1.96 bits per heavy atom. The summed E-state index contributed by atoms with van der Waals surface area (Å²) in [6.07, 6.45) is -0.0644. The van der Waals surface area contributed by atoms with Gasteiger partial charge < -0.3 is 18.7 Å². The molecule has 1 aliphatic heterocycles. The predicted molar refractivity (Wildman–Crippen MR) is 67.7 cm³/mol. The maximum absolute atomic E-state index is 13.8. The van der Waals surface area contributed by atoms with Crippen molar-refractivity contribution in [3.8, 4) is 11.6 Å². The molecule has 0 radical (unpaired) electrons. The van der Waals surface area contributed by atoms with E-state index in [2.05, 4.69) is 14.4 Å². The SMILES string of the molecule is Cc1c(F)c(F)c(F)c(OC(=O)c2cc(OCC3CO3)no2)c1F. The van der Waals surface area contributed by atoms with Crippen LogP contribution in [-0.4, -0.2) is 30.4 Å². The van der Waals surface area contributed by atoms with Crippen molar-refractivity contribution in [1.82, 2.24) is 5.16 Å². The minimum Gasteiger partial charge on any atom is -0.473 e. The van der Waals surface area contributed by atoms with Crippen molar-refractivity contribution in [2.75, 3.05) is 13.2 Å². The summed E-state index contributed by atoms with van der Waals surface area (Å²) >= 11 is 0. The Hall–Kier alpha value is -2.62. The fourth-order valence-electron chi connectivity index (χ4n) is 1.72. The number of aromatic nitrogens is 1. The van der Waals surface area contributed by atoms with Crippen molar-refractivity contribution in [1.29, 1.82) is 0 Å². The van der Waals surface area contributed by atoms with Gasteiger partial charge >= 0.3 is 5.97 Å². The molecule has 0 bridgehead atoms. The van der Waals surface area contributed by atoms with E-state index in [0.29, 0.717) is 6.61 Å². The molecule has 2 aromatic rings. The molecule has 1 aromatic heterocycles. The van der Waals surface area contributed by atoms with E-state index in [1.54, 1.807) is 0 Å². The van der Waals surface area contributed by atoms with E-state index in [-0.39, 0.29) is 18.6 Å². The second-order valence-corrected chi connectivity index (χ2v) is 4.90. The monoisotopic (exact) mass is 347 g/mol. The molecule has 6 nitrogen and oxygen atoms in total. The zero-order valence-corrected chi connectivity index (χ0v) is 12.1. The van der Waals surface area contributed by atoms with Gasteiger partial charge in [0.2, 0.25) is 17.3 Å². The number of carbonyl (C=O) groups is 1. The van der Waals surface area contributed by atoms with Crippen LogP contribution in [-0.2, 0) is 4.74 Å². The average molecular weight is 347 g/mol. The Bertz CT molecular complexity index is 774. The quantitative estimate of drug-likeness (QED) is 0.207. The van der Waals surface area contributed by atoms with Crippen LogP contribution < -0.4 is 9.47 Å². The first-order chi connectivity index (χ1) is 11.4. The Balaban J connectivity index is 1.77. The smallest absolute Gasteiger partial charge is 0.382 e. The summed E-state index contributed by atoms with van der Waals surface area (Å²) in [6, 6.07) is 1.02. The Morgan fingerprint density at radius 1 is 1.25 bits per heavy atom. The van der Waals surface area contributed by atoms with E-state index in [1.807, 2.05) is 0 Å². The van der Waals surface area contributed by atoms with E-state index in [9.17, 15) is 22.4 Å². The van der Waals surface area contributed by atoms with Crippen LogP contribution in [0.3, 0.4) is 0 Å². The molecule has 1 aliphatic rings. The van der Waals surface area contributed by atoms with Crippen LogP contribution in [0.1, 0.15) is 16.1 Å². The van der Waals surface area contributed by atoms with Crippen LogP contribution in [0, 0.1) is 30.2 Å². The van der Waals surface area contributed by atoms with E-state index >= 15 is 0 Å². The highest BCUT2D eigenvalue weighted by Crippen LogP contribution is 2.30. The van der Waals surface area contributed by atoms with Crippen molar-refractivity contribution < 1.29 is 41.1 Å². The third-order valence-corrected chi connectivity index (χ3v) is 3.15. The third kappa shape index (κ3) is 3.04. The molecule has 1 fully saturated rings. The zero-order chi connectivity index (χ0) is 17.4. The summed E-state index contributed by atoms with van der Waals surface area (Å²) in [5, 5.41) is 3.40. The number of epoxide rings is 1. The molecule has 128 valence electrons. The second-order valence-electron chi connectivity index (χ2n) is 4.90. The Morgan fingerprint density at radius 3 is 2.62 bits per heavy atom. The van der Waals surface area contributed by atoms with Crippen molar-refractivity contribution in [3.05, 3.63) is 40.7 Å². The van der Waals surface area contributed by atoms with Crippen molar-refractivity contribution in [3.63, 3.8) is 0 Å². The molecule has 24 heavy (non-hydrogen) atoms. The van der Waals surface area contributed by atoms with Crippen LogP contribution in [0.5, 0.6) is 11.6 Å². The third-order valence-electron chi connectivity index (χ3n) is 3.15. The summed E-state index contributed by atoms with van der Waals surface area (Å²) in [4.78, 5) is 11.8. The first-order valence-corrected chi connectivity index (χ1v) is 6.64. The van der Waals surface area contributed by atoms with Gasteiger partial charge in [0.1, 0.15) is 12.7 Å². The number of esters is 1. The number of nitrogens with zero attached hydrogens (tertiary/aromatic N) is 1. The molecule has 0 N–H and O–H groups in total. The van der Waals surface area contributed by atoms with E-state index < -0.39 is 46.3 Å². The number of carbonyl (C=O) groups excluding carboxylic acids is 1. The lowest BCUT2D eigenvalue weighted by atomic mass is 10.2. The fourth-order valence-corrected chi connectivity index (χ4v) is 1.72. The number of rotatable bonds is 5. The molecular formula is C14H9F4NO5. The normalized spacial score (nSPS) is 16.1. The minimum atomic E-state index is -1.97. The largest absolute Gasteiger partial charge is 0.473 e. The van der Waals surface area contributed by atoms with Gasteiger partial charge in [0, 0.05) is 5.56 Å². The summed E-state index contributed by atoms with van der Waals surface area (Å²) in [5.41, 5.74) is -0.831. The lowest BCUT2D eigenvalue weighted by Crippen LogP contribution is -2.12. The molecule has 0 saturated carbocycles. The molecule has 1 saturated heterocycles. The predicted octanol–water partition coefficient (Wildman–Crippen LogP) is 2.54. The first-order valence-electron chi connectivity index (χ1n) is 6.64. The number of hydrogen-bond acceptors (Lipinski definition) is 6. The topological polar surface area (TPSA) is 74.1 Å². The van der Waals surface area contributed by atoms with Gasteiger partial charge in [-0.05, 0) is 12.1 Å². The highest BCUT2D eigenvalue weighted by molar-refractivity contribution is 5.88. The summed E-state index contributed by atoms with van der Waals surface area (Å²) in [7, 11) is 0. The molecule has 3 rings (SSSR count).